The van der Waals surface area contributed by atoms with Crippen LogP contribution in [0.2, 0.25) is 5.02 Å². The summed E-state index contributed by atoms with van der Waals surface area (Å²) in [7, 11) is 0. The van der Waals surface area contributed by atoms with E-state index in [1.165, 1.54) is 4.57 Å². The van der Waals surface area contributed by atoms with E-state index in [9.17, 15) is 9.59 Å². The first-order valence-corrected chi connectivity index (χ1v) is 9.72. The molecule has 0 amide bonds. The molecular formula is C21H19ClN4O4. The highest BCUT2D eigenvalue weighted by molar-refractivity contribution is 6.30. The molecule has 0 saturated heterocycles. The number of hydrogen-bond acceptors (Lipinski definition) is 6. The van der Waals surface area contributed by atoms with E-state index in [0.717, 1.165) is 5.56 Å². The Labute approximate surface area is 176 Å². The highest BCUT2D eigenvalue weighted by atomic mass is 35.5. The predicted octanol–water partition coefficient (Wildman–Crippen LogP) is 3.86. The second-order valence-electron chi connectivity index (χ2n) is 7.17. The highest BCUT2D eigenvalue weighted by Crippen LogP contribution is 2.24. The average molecular weight is 427 g/mol. The maximum atomic E-state index is 12.2. The van der Waals surface area contributed by atoms with Crippen molar-refractivity contribution in [3.63, 3.8) is 0 Å². The summed E-state index contributed by atoms with van der Waals surface area (Å²) in [5.41, 5.74) is 1.44. The summed E-state index contributed by atoms with van der Waals surface area (Å²) in [5.74, 6) is 1.33. The quantitative estimate of drug-likeness (QED) is 0.486. The predicted molar refractivity (Wildman–Crippen MR) is 113 cm³/mol. The largest absolute Gasteiger partial charge is 0.483 e. The lowest BCUT2D eigenvalue weighted by Gasteiger charge is -2.13. The van der Waals surface area contributed by atoms with Gasteiger partial charge in [0.15, 0.2) is 6.61 Å². The van der Waals surface area contributed by atoms with Gasteiger partial charge in [0.2, 0.25) is 5.82 Å². The topological polar surface area (TPSA) is 103 Å². The second-order valence-corrected chi connectivity index (χ2v) is 7.60. The third kappa shape index (κ3) is 3.73. The number of nitrogens with zero attached hydrogens (tertiary/aromatic N) is 3. The van der Waals surface area contributed by atoms with Crippen molar-refractivity contribution in [3.8, 4) is 17.1 Å². The molecule has 0 atom stereocenters. The molecular weight excluding hydrogens is 408 g/mol. The van der Waals surface area contributed by atoms with Crippen molar-refractivity contribution in [2.45, 2.75) is 33.4 Å². The summed E-state index contributed by atoms with van der Waals surface area (Å²) in [6, 6.07) is 10.4. The van der Waals surface area contributed by atoms with E-state index in [1.807, 2.05) is 26.8 Å². The number of fused-ring (bicyclic) bond motifs is 1. The van der Waals surface area contributed by atoms with Crippen molar-refractivity contribution in [2.24, 2.45) is 0 Å². The fourth-order valence-corrected chi connectivity index (χ4v) is 3.46. The third-order valence-electron chi connectivity index (χ3n) is 4.65. The maximum Gasteiger partial charge on any atom is 0.316 e. The lowest BCUT2D eigenvalue weighted by molar-refractivity contribution is 0.242. The van der Waals surface area contributed by atoms with Crippen LogP contribution in [-0.4, -0.2) is 19.7 Å². The van der Waals surface area contributed by atoms with Gasteiger partial charge in [-0.3, -0.25) is 14.2 Å². The number of H-pyrrole nitrogens is 1. The van der Waals surface area contributed by atoms with Gasteiger partial charge in [0.05, 0.1) is 11.0 Å². The summed E-state index contributed by atoms with van der Waals surface area (Å²) in [4.78, 5) is 31.2. The van der Waals surface area contributed by atoms with Crippen molar-refractivity contribution in [1.82, 2.24) is 19.7 Å². The molecule has 0 bridgehead atoms. The molecule has 4 aromatic rings. The van der Waals surface area contributed by atoms with E-state index in [2.05, 4.69) is 15.1 Å². The Kier molecular flexibility index (Phi) is 5.17. The number of aromatic nitrogens is 4. The molecule has 0 saturated carbocycles. The van der Waals surface area contributed by atoms with Crippen LogP contribution in [0.4, 0.5) is 0 Å². The van der Waals surface area contributed by atoms with Crippen molar-refractivity contribution < 1.29 is 9.26 Å². The van der Waals surface area contributed by atoms with Crippen LogP contribution in [0, 0.1) is 6.92 Å². The number of nitrogens with one attached hydrogen (secondary N) is 1. The molecule has 0 aliphatic heterocycles. The van der Waals surface area contributed by atoms with Crippen LogP contribution in [0.1, 0.15) is 31.3 Å². The molecule has 0 radical (unpaired) electrons. The second kappa shape index (κ2) is 7.79. The smallest absolute Gasteiger partial charge is 0.316 e. The van der Waals surface area contributed by atoms with Crippen molar-refractivity contribution in [2.75, 3.05) is 0 Å². The number of aromatic amines is 1. The van der Waals surface area contributed by atoms with E-state index in [1.54, 1.807) is 30.3 Å². The molecule has 30 heavy (non-hydrogen) atoms. The monoisotopic (exact) mass is 426 g/mol. The Morgan fingerprint density at radius 3 is 2.73 bits per heavy atom. The van der Waals surface area contributed by atoms with E-state index in [4.69, 9.17) is 20.9 Å². The van der Waals surface area contributed by atoms with E-state index in [0.29, 0.717) is 39.1 Å². The zero-order chi connectivity index (χ0) is 21.4. The summed E-state index contributed by atoms with van der Waals surface area (Å²) >= 11 is 5.95. The molecule has 2 aromatic heterocycles. The van der Waals surface area contributed by atoms with Gasteiger partial charge in [-0.05, 0) is 62.7 Å². The van der Waals surface area contributed by atoms with Gasteiger partial charge >= 0.3 is 11.1 Å². The van der Waals surface area contributed by atoms with Crippen LogP contribution in [0.5, 0.6) is 5.75 Å². The van der Waals surface area contributed by atoms with Crippen LogP contribution < -0.4 is 15.9 Å². The Hall–Kier alpha value is -3.39. The van der Waals surface area contributed by atoms with E-state index >= 15 is 0 Å². The molecule has 0 aliphatic rings. The van der Waals surface area contributed by atoms with E-state index < -0.39 is 11.1 Å². The van der Waals surface area contributed by atoms with Gasteiger partial charge in [0, 0.05) is 16.6 Å². The fourth-order valence-electron chi connectivity index (χ4n) is 3.24. The van der Waals surface area contributed by atoms with Gasteiger partial charge in [0.25, 0.3) is 5.89 Å². The Balaban J connectivity index is 1.62. The highest BCUT2D eigenvalue weighted by Gasteiger charge is 2.14. The van der Waals surface area contributed by atoms with Crippen molar-refractivity contribution >= 4 is 22.6 Å². The molecule has 2 aromatic carbocycles. The molecule has 0 spiro atoms. The third-order valence-corrected chi connectivity index (χ3v) is 4.88. The SMILES string of the molecule is Cc1cc(Cl)ccc1OCc1nc(-c2ccc3c(c2)[nH]c(=O)c(=O)n3C(C)C)no1. The molecule has 154 valence electrons. The number of ether oxygens (including phenoxy) is 1. The van der Waals surface area contributed by atoms with Crippen LogP contribution in [0.25, 0.3) is 22.4 Å². The zero-order valence-corrected chi connectivity index (χ0v) is 17.4. The van der Waals surface area contributed by atoms with Gasteiger partial charge < -0.3 is 14.2 Å². The average Bonchev–Trinajstić information content (AvgIpc) is 3.16. The maximum absolute atomic E-state index is 12.2. The Morgan fingerprint density at radius 2 is 2.00 bits per heavy atom. The molecule has 1 N–H and O–H groups in total. The van der Waals surface area contributed by atoms with Crippen LogP contribution in [-0.2, 0) is 6.61 Å². The number of benzene rings is 2. The van der Waals surface area contributed by atoms with E-state index in [-0.39, 0.29) is 12.6 Å². The molecule has 4 rings (SSSR count). The lowest BCUT2D eigenvalue weighted by atomic mass is 10.1. The minimum atomic E-state index is -0.672. The number of rotatable bonds is 5. The summed E-state index contributed by atoms with van der Waals surface area (Å²) in [5, 5.41) is 4.63. The number of aryl methyl sites for hydroxylation is 1. The first kappa shape index (κ1) is 19.9. The normalized spacial score (nSPS) is 11.4. The van der Waals surface area contributed by atoms with Crippen LogP contribution >= 0.6 is 11.6 Å². The van der Waals surface area contributed by atoms with Gasteiger partial charge in [-0.2, -0.15) is 4.98 Å². The molecule has 2 heterocycles. The van der Waals surface area contributed by atoms with Gasteiger partial charge in [0.1, 0.15) is 5.75 Å². The summed E-state index contributed by atoms with van der Waals surface area (Å²) in [6.07, 6.45) is 0. The first-order valence-electron chi connectivity index (χ1n) is 9.34. The van der Waals surface area contributed by atoms with Crippen molar-refractivity contribution in [3.05, 3.63) is 73.6 Å². The van der Waals surface area contributed by atoms with Gasteiger partial charge in [-0.25, -0.2) is 0 Å². The molecule has 0 fully saturated rings. The Bertz CT molecular complexity index is 1350. The minimum absolute atomic E-state index is 0.104. The van der Waals surface area contributed by atoms with Crippen molar-refractivity contribution in [1.29, 1.82) is 0 Å². The Morgan fingerprint density at radius 1 is 1.20 bits per heavy atom. The van der Waals surface area contributed by atoms with Crippen LogP contribution in [0.15, 0.2) is 50.5 Å². The first-order chi connectivity index (χ1) is 14.3. The zero-order valence-electron chi connectivity index (χ0n) is 16.6. The molecule has 9 heteroatoms. The fraction of sp³-hybridized carbons (Fsp3) is 0.238. The molecule has 0 unspecified atom stereocenters. The van der Waals surface area contributed by atoms with Gasteiger partial charge in [-0.1, -0.05) is 16.8 Å². The number of hydrogen-bond donors (Lipinski definition) is 1. The van der Waals surface area contributed by atoms with Gasteiger partial charge in [-0.15, -0.1) is 0 Å². The van der Waals surface area contributed by atoms with Crippen LogP contribution in [0.3, 0.4) is 0 Å². The summed E-state index contributed by atoms with van der Waals surface area (Å²) in [6.45, 7) is 5.70. The molecule has 8 nitrogen and oxygen atoms in total. The standard InChI is InChI=1S/C21H19ClN4O4/c1-11(2)26-16-6-4-13(9-15(16)23-20(27)21(26)28)19-24-18(30-25-19)10-29-17-7-5-14(22)8-12(17)3/h4-9,11H,10H2,1-3H3,(H,23,27). The molecule has 0 aliphatic carbocycles. The lowest BCUT2D eigenvalue weighted by Crippen LogP contribution is -2.37. The minimum Gasteiger partial charge on any atom is -0.483 e. The number of halogens is 1. The summed E-state index contributed by atoms with van der Waals surface area (Å²) < 4.78 is 12.5.